The highest BCUT2D eigenvalue weighted by Crippen LogP contribution is 2.20. The van der Waals surface area contributed by atoms with E-state index in [2.05, 4.69) is 15.6 Å². The molecule has 2 aliphatic heterocycles. The van der Waals surface area contributed by atoms with Gasteiger partial charge in [0.05, 0.1) is 12.6 Å². The summed E-state index contributed by atoms with van der Waals surface area (Å²) in [6.07, 6.45) is -3.22. The Labute approximate surface area is 164 Å². The van der Waals surface area contributed by atoms with E-state index in [0.717, 1.165) is 6.42 Å². The summed E-state index contributed by atoms with van der Waals surface area (Å²) in [6.45, 7) is 9.11. The Hall–Kier alpha value is -1.71. The summed E-state index contributed by atoms with van der Waals surface area (Å²) in [5.41, 5.74) is -0.552. The third-order valence-electron chi connectivity index (χ3n) is 4.53. The number of likely N-dealkylation sites (tertiary alicyclic amines) is 2. The predicted molar refractivity (Wildman–Crippen MR) is 101 cm³/mol. The standard InChI is InChI=1S/C18H32F3N5O2/c1-5-22-15(23-13-6-8-25(10-13)12-18(19,20)21)26-9-7-14(11-26)24-16(27)28-17(2,3)4/h13-14H,5-12H2,1-4H3,(H,22,23)(H,24,27). The number of alkyl carbamates (subject to hydrolysis) is 1. The van der Waals surface area contributed by atoms with Gasteiger partial charge < -0.3 is 20.3 Å². The highest BCUT2D eigenvalue weighted by molar-refractivity contribution is 5.81. The maximum absolute atomic E-state index is 12.6. The fourth-order valence-corrected chi connectivity index (χ4v) is 3.46. The van der Waals surface area contributed by atoms with Crippen molar-refractivity contribution in [3.05, 3.63) is 0 Å². The average molecular weight is 407 g/mol. The molecule has 2 fully saturated rings. The lowest BCUT2D eigenvalue weighted by Crippen LogP contribution is -2.48. The van der Waals surface area contributed by atoms with Gasteiger partial charge in [-0.25, -0.2) is 4.79 Å². The molecule has 2 rings (SSSR count). The Kier molecular flexibility index (Phi) is 7.41. The van der Waals surface area contributed by atoms with E-state index in [1.807, 2.05) is 32.6 Å². The smallest absolute Gasteiger partial charge is 0.407 e. The topological polar surface area (TPSA) is 69.2 Å². The predicted octanol–water partition coefficient (Wildman–Crippen LogP) is 2.19. The highest BCUT2D eigenvalue weighted by atomic mass is 19.4. The summed E-state index contributed by atoms with van der Waals surface area (Å²) in [5, 5.41) is 6.18. The average Bonchev–Trinajstić information content (AvgIpc) is 3.13. The van der Waals surface area contributed by atoms with Gasteiger partial charge in [-0.3, -0.25) is 9.89 Å². The number of guanidine groups is 1. The number of nitrogens with one attached hydrogen (secondary N) is 2. The maximum atomic E-state index is 12.6. The number of carbonyl (C=O) groups excluding carboxylic acids is 1. The second-order valence-corrected chi connectivity index (χ2v) is 8.36. The quantitative estimate of drug-likeness (QED) is 0.552. The minimum absolute atomic E-state index is 0.0518. The number of amides is 1. The van der Waals surface area contributed by atoms with E-state index < -0.39 is 24.4 Å². The zero-order valence-electron chi connectivity index (χ0n) is 17.1. The molecule has 0 aromatic heterocycles. The van der Waals surface area contributed by atoms with Crippen LogP contribution in [0.15, 0.2) is 4.99 Å². The van der Waals surface area contributed by atoms with Crippen molar-refractivity contribution in [2.75, 3.05) is 39.3 Å². The van der Waals surface area contributed by atoms with Gasteiger partial charge in [-0.05, 0) is 40.5 Å². The number of hydrogen-bond acceptors (Lipinski definition) is 4. The minimum Gasteiger partial charge on any atom is -0.444 e. The van der Waals surface area contributed by atoms with Crippen molar-refractivity contribution in [1.29, 1.82) is 0 Å². The zero-order chi connectivity index (χ0) is 20.9. The molecule has 0 aromatic rings. The maximum Gasteiger partial charge on any atom is 0.407 e. The molecular formula is C18H32F3N5O2. The van der Waals surface area contributed by atoms with Crippen molar-refractivity contribution < 1.29 is 22.7 Å². The number of hydrogen-bond donors (Lipinski definition) is 2. The van der Waals surface area contributed by atoms with E-state index in [9.17, 15) is 18.0 Å². The molecule has 2 unspecified atom stereocenters. The van der Waals surface area contributed by atoms with E-state index in [4.69, 9.17) is 4.74 Å². The SMILES string of the molecule is CCN=C(NC1CCN(CC(F)(F)F)C1)N1CCC(NC(=O)OC(C)(C)C)C1. The summed E-state index contributed by atoms with van der Waals surface area (Å²) in [6, 6.07) is -0.116. The van der Waals surface area contributed by atoms with E-state index in [1.54, 1.807) is 0 Å². The van der Waals surface area contributed by atoms with Crippen LogP contribution < -0.4 is 10.6 Å². The fourth-order valence-electron chi connectivity index (χ4n) is 3.46. The summed E-state index contributed by atoms with van der Waals surface area (Å²) < 4.78 is 43.0. The molecule has 28 heavy (non-hydrogen) atoms. The van der Waals surface area contributed by atoms with Crippen LogP contribution in [0.3, 0.4) is 0 Å². The van der Waals surface area contributed by atoms with Gasteiger partial charge in [0.2, 0.25) is 0 Å². The molecule has 0 aliphatic carbocycles. The van der Waals surface area contributed by atoms with Gasteiger partial charge in [0.15, 0.2) is 5.96 Å². The number of ether oxygens (including phenoxy) is 1. The first-order valence-electron chi connectivity index (χ1n) is 9.79. The molecule has 2 N–H and O–H groups in total. The van der Waals surface area contributed by atoms with Crippen LogP contribution in [0.4, 0.5) is 18.0 Å². The van der Waals surface area contributed by atoms with Crippen LogP contribution >= 0.6 is 0 Å². The Morgan fingerprint density at radius 2 is 1.75 bits per heavy atom. The number of aliphatic imine (C=N–C) groups is 1. The Morgan fingerprint density at radius 3 is 2.36 bits per heavy atom. The van der Waals surface area contributed by atoms with Crippen molar-refractivity contribution in [1.82, 2.24) is 20.4 Å². The van der Waals surface area contributed by atoms with Crippen molar-refractivity contribution in [3.63, 3.8) is 0 Å². The lowest BCUT2D eigenvalue weighted by molar-refractivity contribution is -0.143. The van der Waals surface area contributed by atoms with E-state index in [0.29, 0.717) is 45.1 Å². The third kappa shape index (κ3) is 7.73. The van der Waals surface area contributed by atoms with Gasteiger partial charge in [0, 0.05) is 38.8 Å². The first-order chi connectivity index (χ1) is 12.9. The molecule has 162 valence electrons. The number of nitrogens with zero attached hydrogens (tertiary/aromatic N) is 3. The molecule has 0 spiro atoms. The van der Waals surface area contributed by atoms with E-state index in [-0.39, 0.29) is 12.1 Å². The van der Waals surface area contributed by atoms with Crippen LogP contribution in [0, 0.1) is 0 Å². The molecular weight excluding hydrogens is 375 g/mol. The number of alkyl halides is 3. The molecule has 2 atom stereocenters. The van der Waals surface area contributed by atoms with Crippen molar-refractivity contribution in [3.8, 4) is 0 Å². The minimum atomic E-state index is -4.18. The molecule has 0 aromatic carbocycles. The van der Waals surface area contributed by atoms with Crippen LogP contribution in [-0.4, -0.2) is 85.0 Å². The molecule has 0 saturated carbocycles. The van der Waals surface area contributed by atoms with Gasteiger partial charge >= 0.3 is 12.3 Å². The molecule has 2 saturated heterocycles. The molecule has 2 aliphatic rings. The lowest BCUT2D eigenvalue weighted by Gasteiger charge is -2.26. The number of carbonyl (C=O) groups is 1. The van der Waals surface area contributed by atoms with Gasteiger partial charge in [0.1, 0.15) is 5.60 Å². The second-order valence-electron chi connectivity index (χ2n) is 8.36. The van der Waals surface area contributed by atoms with Crippen LogP contribution in [0.1, 0.15) is 40.5 Å². The van der Waals surface area contributed by atoms with Crippen molar-refractivity contribution >= 4 is 12.1 Å². The van der Waals surface area contributed by atoms with Crippen LogP contribution in [0.2, 0.25) is 0 Å². The third-order valence-corrected chi connectivity index (χ3v) is 4.53. The molecule has 0 radical (unpaired) electrons. The summed E-state index contributed by atoms with van der Waals surface area (Å²) >= 11 is 0. The lowest BCUT2D eigenvalue weighted by atomic mass is 10.2. The molecule has 2 heterocycles. The van der Waals surface area contributed by atoms with Gasteiger partial charge in [-0.1, -0.05) is 0 Å². The summed E-state index contributed by atoms with van der Waals surface area (Å²) in [7, 11) is 0. The second kappa shape index (κ2) is 9.19. The van der Waals surface area contributed by atoms with Gasteiger partial charge in [-0.2, -0.15) is 13.2 Å². The summed E-state index contributed by atoms with van der Waals surface area (Å²) in [4.78, 5) is 19.9. The van der Waals surface area contributed by atoms with Gasteiger partial charge in [0.25, 0.3) is 0 Å². The van der Waals surface area contributed by atoms with Gasteiger partial charge in [-0.15, -0.1) is 0 Å². The Bertz CT molecular complexity index is 562. The first kappa shape index (κ1) is 22.6. The van der Waals surface area contributed by atoms with Crippen molar-refractivity contribution in [2.45, 2.75) is 64.4 Å². The van der Waals surface area contributed by atoms with E-state index in [1.165, 1.54) is 4.90 Å². The Balaban J connectivity index is 1.85. The summed E-state index contributed by atoms with van der Waals surface area (Å²) in [5.74, 6) is 0.690. The molecule has 7 nitrogen and oxygen atoms in total. The highest BCUT2D eigenvalue weighted by Gasteiger charge is 2.35. The normalized spacial score (nSPS) is 24.5. The zero-order valence-corrected chi connectivity index (χ0v) is 17.1. The first-order valence-corrected chi connectivity index (χ1v) is 9.79. The number of rotatable bonds is 4. The van der Waals surface area contributed by atoms with Crippen molar-refractivity contribution in [2.24, 2.45) is 4.99 Å². The largest absolute Gasteiger partial charge is 0.444 e. The van der Waals surface area contributed by atoms with Crippen LogP contribution in [0.25, 0.3) is 0 Å². The molecule has 10 heteroatoms. The molecule has 0 bridgehead atoms. The van der Waals surface area contributed by atoms with E-state index >= 15 is 0 Å². The molecule has 1 amide bonds. The van der Waals surface area contributed by atoms with Crippen LogP contribution in [0.5, 0.6) is 0 Å². The number of halogens is 3. The van der Waals surface area contributed by atoms with Crippen LogP contribution in [-0.2, 0) is 4.74 Å². The monoisotopic (exact) mass is 407 g/mol. The fraction of sp³-hybridized carbons (Fsp3) is 0.889. The Morgan fingerprint density at radius 1 is 1.11 bits per heavy atom.